The van der Waals surface area contributed by atoms with Crippen molar-refractivity contribution in [1.82, 2.24) is 4.90 Å². The first-order chi connectivity index (χ1) is 13.4. The Morgan fingerprint density at radius 2 is 1.83 bits per heavy atom. The molecule has 2 atom stereocenters. The van der Waals surface area contributed by atoms with Crippen molar-refractivity contribution in [3.05, 3.63) is 42.0 Å². The molecule has 1 aliphatic heterocycles. The molecular weight excluding hydrogens is 366 g/mol. The highest BCUT2D eigenvalue weighted by atomic mass is 16.6. The molecule has 1 fully saturated rings. The molecule has 1 aliphatic rings. The second-order valence-corrected chi connectivity index (χ2v) is 9.77. The fraction of sp³-hybridized carbons (Fsp3) is 0.583. The molecule has 5 nitrogen and oxygen atoms in total. The first-order valence-electron chi connectivity index (χ1n) is 10.3. The summed E-state index contributed by atoms with van der Waals surface area (Å²) in [7, 11) is 0. The van der Waals surface area contributed by atoms with E-state index >= 15 is 0 Å². The van der Waals surface area contributed by atoms with Crippen LogP contribution in [0.25, 0.3) is 6.08 Å². The minimum absolute atomic E-state index is 0.0322. The average Bonchev–Trinajstić information content (AvgIpc) is 3.06. The Kier molecular flexibility index (Phi) is 7.15. The second kappa shape index (κ2) is 9.02. The SMILES string of the molecule is C=Cc1cccc(C[C@H](C(=O)OC(C)(C)C)[C@H]2CCN(C(=O)OC(C)(C)C)C2)c1. The molecule has 1 heterocycles. The van der Waals surface area contributed by atoms with Crippen molar-refractivity contribution in [3.63, 3.8) is 0 Å². The van der Waals surface area contributed by atoms with Gasteiger partial charge in [0.1, 0.15) is 11.2 Å². The van der Waals surface area contributed by atoms with Crippen LogP contribution in [0, 0.1) is 11.8 Å². The van der Waals surface area contributed by atoms with Crippen molar-refractivity contribution in [2.24, 2.45) is 11.8 Å². The van der Waals surface area contributed by atoms with E-state index in [0.29, 0.717) is 19.5 Å². The number of hydrogen-bond acceptors (Lipinski definition) is 4. The van der Waals surface area contributed by atoms with E-state index in [-0.39, 0.29) is 23.9 Å². The minimum atomic E-state index is -0.554. The summed E-state index contributed by atoms with van der Waals surface area (Å²) in [6.07, 6.45) is 2.80. The Labute approximate surface area is 175 Å². The Balaban J connectivity index is 2.18. The molecule has 1 aromatic carbocycles. The maximum atomic E-state index is 13.0. The molecule has 0 aromatic heterocycles. The van der Waals surface area contributed by atoms with Gasteiger partial charge in [-0.2, -0.15) is 0 Å². The number of nitrogens with zero attached hydrogens (tertiary/aromatic N) is 1. The highest BCUT2D eigenvalue weighted by Crippen LogP contribution is 2.30. The molecule has 5 heteroatoms. The maximum absolute atomic E-state index is 13.0. The van der Waals surface area contributed by atoms with Gasteiger partial charge in [0.05, 0.1) is 5.92 Å². The third-order valence-electron chi connectivity index (χ3n) is 4.80. The van der Waals surface area contributed by atoms with E-state index in [0.717, 1.165) is 17.5 Å². The summed E-state index contributed by atoms with van der Waals surface area (Å²) in [6.45, 7) is 16.1. The molecule has 0 aliphatic carbocycles. The topological polar surface area (TPSA) is 55.8 Å². The van der Waals surface area contributed by atoms with E-state index in [1.165, 1.54) is 0 Å². The van der Waals surface area contributed by atoms with Crippen LogP contribution in [0.2, 0.25) is 0 Å². The summed E-state index contributed by atoms with van der Waals surface area (Å²) in [5, 5.41) is 0. The lowest BCUT2D eigenvalue weighted by molar-refractivity contribution is -0.161. The number of ether oxygens (including phenoxy) is 2. The van der Waals surface area contributed by atoms with Crippen LogP contribution < -0.4 is 0 Å². The van der Waals surface area contributed by atoms with Gasteiger partial charge in [-0.05, 0) is 71.4 Å². The molecule has 160 valence electrons. The number of benzene rings is 1. The fourth-order valence-corrected chi connectivity index (χ4v) is 3.53. The van der Waals surface area contributed by atoms with Crippen LogP contribution in [0.1, 0.15) is 59.1 Å². The monoisotopic (exact) mass is 401 g/mol. The first-order valence-corrected chi connectivity index (χ1v) is 10.3. The lowest BCUT2D eigenvalue weighted by Crippen LogP contribution is -2.38. The van der Waals surface area contributed by atoms with E-state index in [1.54, 1.807) is 11.0 Å². The summed E-state index contributed by atoms with van der Waals surface area (Å²) >= 11 is 0. The van der Waals surface area contributed by atoms with Crippen molar-refractivity contribution in [2.75, 3.05) is 13.1 Å². The lowest BCUT2D eigenvalue weighted by Gasteiger charge is -2.28. The Morgan fingerprint density at radius 3 is 2.41 bits per heavy atom. The number of carbonyl (C=O) groups is 2. The Bertz CT molecular complexity index is 742. The van der Waals surface area contributed by atoms with Gasteiger partial charge in [0.15, 0.2) is 0 Å². The van der Waals surface area contributed by atoms with Crippen LogP contribution in [0.5, 0.6) is 0 Å². The van der Waals surface area contributed by atoms with E-state index < -0.39 is 11.2 Å². The smallest absolute Gasteiger partial charge is 0.410 e. The Morgan fingerprint density at radius 1 is 1.17 bits per heavy atom. The number of amides is 1. The van der Waals surface area contributed by atoms with Gasteiger partial charge in [0.2, 0.25) is 0 Å². The number of esters is 1. The first kappa shape index (κ1) is 23.0. The van der Waals surface area contributed by atoms with Crippen LogP contribution in [0.4, 0.5) is 4.79 Å². The van der Waals surface area contributed by atoms with Gasteiger partial charge in [-0.15, -0.1) is 0 Å². The van der Waals surface area contributed by atoms with Gasteiger partial charge in [-0.3, -0.25) is 4.79 Å². The van der Waals surface area contributed by atoms with Gasteiger partial charge in [0.25, 0.3) is 0 Å². The van der Waals surface area contributed by atoms with Crippen LogP contribution in [0.15, 0.2) is 30.8 Å². The number of likely N-dealkylation sites (tertiary alicyclic amines) is 1. The summed E-state index contributed by atoms with van der Waals surface area (Å²) in [4.78, 5) is 27.2. The highest BCUT2D eigenvalue weighted by molar-refractivity contribution is 5.74. The third kappa shape index (κ3) is 7.22. The van der Waals surface area contributed by atoms with Crippen molar-refractivity contribution < 1.29 is 19.1 Å². The quantitative estimate of drug-likeness (QED) is 0.645. The van der Waals surface area contributed by atoms with Gasteiger partial charge in [-0.25, -0.2) is 4.79 Å². The van der Waals surface area contributed by atoms with Gasteiger partial charge < -0.3 is 14.4 Å². The zero-order valence-electron chi connectivity index (χ0n) is 18.7. The molecule has 0 saturated carbocycles. The molecule has 0 radical (unpaired) electrons. The summed E-state index contributed by atoms with van der Waals surface area (Å²) in [6, 6.07) is 8.02. The van der Waals surface area contributed by atoms with Crippen LogP contribution in [-0.2, 0) is 20.7 Å². The van der Waals surface area contributed by atoms with Crippen molar-refractivity contribution >= 4 is 18.1 Å². The molecule has 0 unspecified atom stereocenters. The maximum Gasteiger partial charge on any atom is 0.410 e. The van der Waals surface area contributed by atoms with E-state index in [1.807, 2.05) is 65.8 Å². The van der Waals surface area contributed by atoms with Crippen LogP contribution in [0.3, 0.4) is 0 Å². The largest absolute Gasteiger partial charge is 0.460 e. The van der Waals surface area contributed by atoms with Crippen molar-refractivity contribution in [2.45, 2.75) is 65.6 Å². The second-order valence-electron chi connectivity index (χ2n) is 9.77. The predicted molar refractivity (Wildman–Crippen MR) is 115 cm³/mol. The number of rotatable bonds is 5. The highest BCUT2D eigenvalue weighted by Gasteiger charge is 2.39. The summed E-state index contributed by atoms with van der Waals surface area (Å²) in [5.41, 5.74) is 0.994. The molecule has 2 rings (SSSR count). The third-order valence-corrected chi connectivity index (χ3v) is 4.80. The molecule has 1 amide bonds. The minimum Gasteiger partial charge on any atom is -0.460 e. The molecule has 1 saturated heterocycles. The molecule has 0 N–H and O–H groups in total. The van der Waals surface area contributed by atoms with Crippen LogP contribution in [-0.4, -0.2) is 41.3 Å². The standard InChI is InChI=1S/C24H35NO4/c1-8-17-10-9-11-18(14-17)15-20(21(26)28-23(2,3)4)19-12-13-25(16-19)22(27)29-24(5,6)7/h8-11,14,19-20H,1,12-13,15-16H2,2-7H3/t19-,20-/m0/s1. The van der Waals surface area contributed by atoms with E-state index in [9.17, 15) is 9.59 Å². The van der Waals surface area contributed by atoms with Crippen molar-refractivity contribution in [3.8, 4) is 0 Å². The predicted octanol–water partition coefficient (Wildman–Crippen LogP) is 5.09. The molecule has 1 aromatic rings. The molecular formula is C24H35NO4. The van der Waals surface area contributed by atoms with Gasteiger partial charge in [-0.1, -0.05) is 36.9 Å². The zero-order valence-corrected chi connectivity index (χ0v) is 18.7. The normalized spacial score (nSPS) is 18.3. The van der Waals surface area contributed by atoms with Crippen LogP contribution >= 0.6 is 0 Å². The molecule has 0 bridgehead atoms. The molecule has 0 spiro atoms. The van der Waals surface area contributed by atoms with Crippen molar-refractivity contribution in [1.29, 1.82) is 0 Å². The molecule has 29 heavy (non-hydrogen) atoms. The summed E-state index contributed by atoms with van der Waals surface area (Å²) in [5.74, 6) is -0.496. The van der Waals surface area contributed by atoms with E-state index in [4.69, 9.17) is 9.47 Å². The van der Waals surface area contributed by atoms with Gasteiger partial charge >= 0.3 is 12.1 Å². The number of carbonyl (C=O) groups excluding carboxylic acids is 2. The average molecular weight is 402 g/mol. The summed E-state index contributed by atoms with van der Waals surface area (Å²) < 4.78 is 11.2. The lowest BCUT2D eigenvalue weighted by atomic mass is 9.85. The van der Waals surface area contributed by atoms with E-state index in [2.05, 4.69) is 6.58 Å². The Hall–Kier alpha value is -2.30. The van der Waals surface area contributed by atoms with Gasteiger partial charge in [0, 0.05) is 13.1 Å². The zero-order chi connectivity index (χ0) is 21.8. The number of hydrogen-bond donors (Lipinski definition) is 0. The fourth-order valence-electron chi connectivity index (χ4n) is 3.53.